The van der Waals surface area contributed by atoms with Gasteiger partial charge in [0, 0.05) is 10.8 Å². The normalized spacial score (nSPS) is 21.6. The highest BCUT2D eigenvalue weighted by Gasteiger charge is 2.30. The summed E-state index contributed by atoms with van der Waals surface area (Å²) in [6.45, 7) is 2.24. The maximum Gasteiger partial charge on any atom is 0.341 e. The van der Waals surface area contributed by atoms with Crippen LogP contribution in [0.4, 0.5) is 5.00 Å². The lowest BCUT2D eigenvalue weighted by molar-refractivity contribution is -0.120. The molecule has 1 aromatic heterocycles. The van der Waals surface area contributed by atoms with Crippen LogP contribution >= 0.6 is 11.3 Å². The van der Waals surface area contributed by atoms with Crippen LogP contribution in [0, 0.1) is 11.8 Å². The molecule has 0 spiro atoms. The van der Waals surface area contributed by atoms with Gasteiger partial charge in [-0.3, -0.25) is 4.79 Å². The third kappa shape index (κ3) is 3.44. The third-order valence-electron chi connectivity index (χ3n) is 5.11. The van der Waals surface area contributed by atoms with E-state index in [1.54, 1.807) is 11.3 Å². The average Bonchev–Trinajstić information content (AvgIpc) is 2.91. The lowest BCUT2D eigenvalue weighted by Crippen LogP contribution is -2.25. The van der Waals surface area contributed by atoms with E-state index in [4.69, 9.17) is 4.74 Å². The second kappa shape index (κ2) is 7.04. The Morgan fingerprint density at radius 1 is 1.17 bits per heavy atom. The zero-order valence-electron chi connectivity index (χ0n) is 13.9. The number of anilines is 1. The Balaban J connectivity index is 1.85. The first-order valence-electron chi connectivity index (χ1n) is 8.63. The summed E-state index contributed by atoms with van der Waals surface area (Å²) < 4.78 is 4.97. The Hall–Kier alpha value is -1.36. The smallest absolute Gasteiger partial charge is 0.341 e. The Morgan fingerprint density at radius 3 is 2.61 bits per heavy atom. The second-order valence-corrected chi connectivity index (χ2v) is 7.98. The molecule has 0 radical (unpaired) electrons. The van der Waals surface area contributed by atoms with E-state index < -0.39 is 0 Å². The molecule has 126 valence electrons. The van der Waals surface area contributed by atoms with Gasteiger partial charge in [-0.1, -0.05) is 26.2 Å². The fraction of sp³-hybridized carbons (Fsp3) is 0.667. The van der Waals surface area contributed by atoms with Crippen molar-refractivity contribution in [3.8, 4) is 0 Å². The molecule has 4 nitrogen and oxygen atoms in total. The van der Waals surface area contributed by atoms with Crippen molar-refractivity contribution in [3.05, 3.63) is 16.0 Å². The van der Waals surface area contributed by atoms with Gasteiger partial charge in [-0.15, -0.1) is 11.3 Å². The number of esters is 1. The Bertz CT molecular complexity index is 602. The molecule has 2 aliphatic carbocycles. The van der Waals surface area contributed by atoms with Gasteiger partial charge in [0.1, 0.15) is 5.00 Å². The number of methoxy groups -OCH3 is 1. The maximum absolute atomic E-state index is 12.6. The van der Waals surface area contributed by atoms with Crippen molar-refractivity contribution >= 4 is 28.2 Å². The summed E-state index contributed by atoms with van der Waals surface area (Å²) in [6.07, 6.45) is 8.37. The van der Waals surface area contributed by atoms with Crippen LogP contribution in [0.2, 0.25) is 0 Å². The molecule has 23 heavy (non-hydrogen) atoms. The van der Waals surface area contributed by atoms with Crippen molar-refractivity contribution in [1.29, 1.82) is 0 Å². The van der Waals surface area contributed by atoms with E-state index in [0.717, 1.165) is 50.5 Å². The van der Waals surface area contributed by atoms with Gasteiger partial charge in [-0.25, -0.2) is 4.79 Å². The first-order chi connectivity index (χ1) is 11.1. The summed E-state index contributed by atoms with van der Waals surface area (Å²) in [7, 11) is 1.41. The number of rotatable bonds is 3. The van der Waals surface area contributed by atoms with Crippen LogP contribution < -0.4 is 5.32 Å². The summed E-state index contributed by atoms with van der Waals surface area (Å²) in [6, 6.07) is 0. The molecule has 1 aromatic rings. The molecule has 1 amide bonds. The predicted octanol–water partition coefficient (Wildman–Crippen LogP) is 4.18. The summed E-state index contributed by atoms with van der Waals surface area (Å²) in [4.78, 5) is 26.0. The molecule has 1 atom stereocenters. The molecule has 3 rings (SSSR count). The topological polar surface area (TPSA) is 55.4 Å². The maximum atomic E-state index is 12.6. The summed E-state index contributed by atoms with van der Waals surface area (Å²) in [5.74, 6) is 0.471. The van der Waals surface area contributed by atoms with Crippen molar-refractivity contribution in [3.63, 3.8) is 0 Å². The number of thiophene rings is 1. The Kier molecular flexibility index (Phi) is 5.05. The average molecular weight is 335 g/mol. The van der Waals surface area contributed by atoms with Crippen LogP contribution in [0.15, 0.2) is 0 Å². The predicted molar refractivity (Wildman–Crippen MR) is 92.1 cm³/mol. The number of ether oxygens (including phenoxy) is 1. The van der Waals surface area contributed by atoms with Crippen molar-refractivity contribution in [1.82, 2.24) is 0 Å². The number of carbonyl (C=O) groups excluding carboxylic acids is 2. The second-order valence-electron chi connectivity index (χ2n) is 6.87. The van der Waals surface area contributed by atoms with Gasteiger partial charge in [0.05, 0.1) is 12.7 Å². The van der Waals surface area contributed by atoms with Gasteiger partial charge in [-0.05, 0) is 43.6 Å². The number of hydrogen-bond acceptors (Lipinski definition) is 4. The summed E-state index contributed by atoms with van der Waals surface area (Å²) in [5, 5.41) is 3.75. The summed E-state index contributed by atoms with van der Waals surface area (Å²) >= 11 is 1.57. The molecule has 0 unspecified atom stereocenters. The standard InChI is InChI=1S/C18H25NO3S/c1-11-8-9-13-14(10-11)23-17(15(13)18(21)22-2)19-16(20)12-6-4-3-5-7-12/h11-12H,3-10H2,1-2H3,(H,19,20)/t11-/m0/s1. The minimum Gasteiger partial charge on any atom is -0.465 e. The van der Waals surface area contributed by atoms with Crippen LogP contribution in [0.1, 0.15) is 66.2 Å². The molecule has 1 saturated carbocycles. The lowest BCUT2D eigenvalue weighted by atomic mass is 9.88. The quantitative estimate of drug-likeness (QED) is 0.843. The fourth-order valence-electron chi connectivity index (χ4n) is 3.74. The van der Waals surface area contributed by atoms with E-state index in [9.17, 15) is 9.59 Å². The van der Waals surface area contributed by atoms with E-state index in [1.165, 1.54) is 18.4 Å². The lowest BCUT2D eigenvalue weighted by Gasteiger charge is -2.20. The number of amides is 1. The molecule has 1 fully saturated rings. The van der Waals surface area contributed by atoms with E-state index in [2.05, 4.69) is 12.2 Å². The molecule has 0 aliphatic heterocycles. The number of carbonyl (C=O) groups is 2. The number of hydrogen-bond donors (Lipinski definition) is 1. The zero-order valence-corrected chi connectivity index (χ0v) is 14.8. The van der Waals surface area contributed by atoms with Gasteiger partial charge < -0.3 is 10.1 Å². The molecule has 1 N–H and O–H groups in total. The van der Waals surface area contributed by atoms with Crippen LogP contribution in [0.25, 0.3) is 0 Å². The highest BCUT2D eigenvalue weighted by molar-refractivity contribution is 7.17. The van der Waals surface area contributed by atoms with Gasteiger partial charge in [0.15, 0.2) is 0 Å². The number of nitrogens with one attached hydrogen (secondary N) is 1. The van der Waals surface area contributed by atoms with Crippen LogP contribution in [0.5, 0.6) is 0 Å². The molecule has 0 saturated heterocycles. The minimum absolute atomic E-state index is 0.0708. The van der Waals surface area contributed by atoms with Crippen molar-refractivity contribution in [2.24, 2.45) is 11.8 Å². The largest absolute Gasteiger partial charge is 0.465 e. The zero-order chi connectivity index (χ0) is 16.4. The molecular formula is C18H25NO3S. The number of fused-ring (bicyclic) bond motifs is 1. The molecule has 2 aliphatic rings. The fourth-order valence-corrected chi connectivity index (χ4v) is 5.14. The monoisotopic (exact) mass is 335 g/mol. The van der Waals surface area contributed by atoms with Crippen molar-refractivity contribution in [2.75, 3.05) is 12.4 Å². The van der Waals surface area contributed by atoms with Crippen LogP contribution in [0.3, 0.4) is 0 Å². The van der Waals surface area contributed by atoms with E-state index in [-0.39, 0.29) is 17.8 Å². The molecule has 0 bridgehead atoms. The highest BCUT2D eigenvalue weighted by Crippen LogP contribution is 2.40. The van der Waals surface area contributed by atoms with Crippen LogP contribution in [-0.4, -0.2) is 19.0 Å². The van der Waals surface area contributed by atoms with E-state index in [1.807, 2.05) is 0 Å². The first kappa shape index (κ1) is 16.5. The molecule has 1 heterocycles. The van der Waals surface area contributed by atoms with Crippen molar-refractivity contribution in [2.45, 2.75) is 58.3 Å². The van der Waals surface area contributed by atoms with Gasteiger partial charge in [-0.2, -0.15) is 0 Å². The minimum atomic E-state index is -0.323. The summed E-state index contributed by atoms with van der Waals surface area (Å²) in [5.41, 5.74) is 1.70. The van der Waals surface area contributed by atoms with E-state index >= 15 is 0 Å². The van der Waals surface area contributed by atoms with E-state index in [0.29, 0.717) is 16.5 Å². The van der Waals surface area contributed by atoms with Crippen LogP contribution in [-0.2, 0) is 22.4 Å². The first-order valence-corrected chi connectivity index (χ1v) is 9.45. The van der Waals surface area contributed by atoms with Gasteiger partial charge in [0.2, 0.25) is 5.91 Å². The Labute approximate surface area is 141 Å². The Morgan fingerprint density at radius 2 is 1.91 bits per heavy atom. The van der Waals surface area contributed by atoms with Gasteiger partial charge >= 0.3 is 5.97 Å². The molecule has 5 heteroatoms. The highest BCUT2D eigenvalue weighted by atomic mass is 32.1. The van der Waals surface area contributed by atoms with Gasteiger partial charge in [0.25, 0.3) is 0 Å². The third-order valence-corrected chi connectivity index (χ3v) is 6.28. The molecular weight excluding hydrogens is 310 g/mol. The SMILES string of the molecule is COC(=O)c1c(NC(=O)C2CCCCC2)sc2c1CC[C@H](C)C2. The van der Waals surface area contributed by atoms with Crippen molar-refractivity contribution < 1.29 is 14.3 Å². The molecule has 0 aromatic carbocycles.